The fourth-order valence-electron chi connectivity index (χ4n) is 7.65. The van der Waals surface area contributed by atoms with E-state index in [2.05, 4.69) is 32.9 Å². The molecule has 0 heterocycles. The van der Waals surface area contributed by atoms with Gasteiger partial charge in [0.05, 0.1) is 0 Å². The number of fused-ring (bicyclic) bond motifs is 5. The molecule has 0 bridgehead atoms. The second kappa shape index (κ2) is 4.87. The molecule has 0 aliphatic heterocycles. The lowest BCUT2D eigenvalue weighted by molar-refractivity contribution is -0.113. The van der Waals surface area contributed by atoms with Crippen LogP contribution in [0.4, 0.5) is 0 Å². The molecule has 118 valence electrons. The molecule has 21 heavy (non-hydrogen) atoms. The second-order valence-corrected chi connectivity index (χ2v) is 9.38. The van der Waals surface area contributed by atoms with E-state index < -0.39 is 0 Å². The van der Waals surface area contributed by atoms with Gasteiger partial charge in [0.25, 0.3) is 0 Å². The molecule has 3 fully saturated rings. The third kappa shape index (κ3) is 1.86. The van der Waals surface area contributed by atoms with Gasteiger partial charge in [-0.15, -0.1) is 0 Å². The normalized spacial score (nSPS) is 52.4. The summed E-state index contributed by atoms with van der Waals surface area (Å²) in [6.45, 7) is 7.71. The van der Waals surface area contributed by atoms with E-state index in [1.807, 2.05) is 0 Å². The van der Waals surface area contributed by atoms with Crippen LogP contribution in [0.1, 0.15) is 78.6 Å². The Morgan fingerprint density at radius 2 is 1.81 bits per heavy atom. The average molecular weight is 287 g/mol. The molecule has 0 N–H and O–H groups in total. The molecule has 0 aromatic rings. The van der Waals surface area contributed by atoms with Crippen LogP contribution in [0, 0.1) is 40.4 Å². The van der Waals surface area contributed by atoms with Crippen molar-refractivity contribution in [1.29, 1.82) is 0 Å². The Labute approximate surface area is 131 Å². The van der Waals surface area contributed by atoms with E-state index in [1.165, 1.54) is 44.9 Å². The van der Waals surface area contributed by atoms with Gasteiger partial charge in [0, 0.05) is 0 Å². The van der Waals surface area contributed by atoms with Crippen LogP contribution in [0.5, 0.6) is 0 Å². The van der Waals surface area contributed by atoms with Gasteiger partial charge in [-0.2, -0.15) is 0 Å². The molecule has 4 aliphatic carbocycles. The molecule has 6 atom stereocenters. The van der Waals surface area contributed by atoms with Crippen LogP contribution in [0.3, 0.4) is 0 Å². The first-order chi connectivity index (χ1) is 10.1. The summed E-state index contributed by atoms with van der Waals surface area (Å²) in [6.07, 6.45) is 18.6. The van der Waals surface area contributed by atoms with Gasteiger partial charge in [0.15, 0.2) is 0 Å². The molecule has 0 nitrogen and oxygen atoms in total. The van der Waals surface area contributed by atoms with E-state index in [1.54, 1.807) is 12.8 Å². The Morgan fingerprint density at radius 3 is 2.62 bits per heavy atom. The fourth-order valence-corrected chi connectivity index (χ4v) is 7.65. The molecule has 1 unspecified atom stereocenters. The molecule has 0 amide bonds. The highest BCUT2D eigenvalue weighted by atomic mass is 14.6. The predicted molar refractivity (Wildman–Crippen MR) is 90.0 cm³/mol. The Morgan fingerprint density at radius 1 is 0.952 bits per heavy atom. The number of hydrogen-bond donors (Lipinski definition) is 0. The van der Waals surface area contributed by atoms with Crippen molar-refractivity contribution in [2.45, 2.75) is 78.6 Å². The lowest BCUT2D eigenvalue weighted by Crippen LogP contribution is -2.54. The second-order valence-electron chi connectivity index (χ2n) is 9.38. The lowest BCUT2D eigenvalue weighted by Gasteiger charge is -2.61. The van der Waals surface area contributed by atoms with Crippen LogP contribution < -0.4 is 0 Å². The van der Waals surface area contributed by atoms with Crippen molar-refractivity contribution in [2.75, 3.05) is 0 Å². The maximum absolute atomic E-state index is 2.63. The highest BCUT2D eigenvalue weighted by Crippen LogP contribution is 2.67. The molecule has 3 saturated carbocycles. The predicted octanol–water partition coefficient (Wildman–Crippen LogP) is 6.22. The van der Waals surface area contributed by atoms with Gasteiger partial charge in [0.1, 0.15) is 0 Å². The highest BCUT2D eigenvalue weighted by molar-refractivity contribution is 5.14. The van der Waals surface area contributed by atoms with Crippen LogP contribution in [0.15, 0.2) is 12.2 Å². The molecule has 0 aromatic heterocycles. The minimum absolute atomic E-state index is 0.654. The summed E-state index contributed by atoms with van der Waals surface area (Å²) in [5, 5.41) is 0. The molecule has 0 saturated heterocycles. The molecule has 0 radical (unpaired) electrons. The standard InChI is InChI=1S/C21H34/c1-15(2)21-13-5-4-7-16(21)9-10-17-18-8-6-12-20(18,3)14-11-19(17)21/h4,7,15-19H,5-6,8-14H2,1-3H3/t16?,17-,18-,19-,20-,21+/m0/s1. The molecule has 4 rings (SSSR count). The Bertz CT molecular complexity index is 433. The van der Waals surface area contributed by atoms with Crippen molar-refractivity contribution < 1.29 is 0 Å². The Kier molecular flexibility index (Phi) is 3.32. The van der Waals surface area contributed by atoms with Crippen LogP contribution in [-0.2, 0) is 0 Å². The van der Waals surface area contributed by atoms with Gasteiger partial charge in [-0.05, 0) is 91.8 Å². The monoisotopic (exact) mass is 286 g/mol. The maximum atomic E-state index is 2.63. The highest BCUT2D eigenvalue weighted by Gasteiger charge is 2.59. The first-order valence-electron chi connectivity index (χ1n) is 9.74. The van der Waals surface area contributed by atoms with Gasteiger partial charge in [-0.1, -0.05) is 39.3 Å². The summed E-state index contributed by atoms with van der Waals surface area (Å²) in [7, 11) is 0. The summed E-state index contributed by atoms with van der Waals surface area (Å²) in [4.78, 5) is 0. The molecule has 0 spiro atoms. The molecular weight excluding hydrogens is 252 g/mol. The summed E-state index contributed by atoms with van der Waals surface area (Å²) in [5.74, 6) is 4.94. The first kappa shape index (κ1) is 14.3. The topological polar surface area (TPSA) is 0 Å². The van der Waals surface area contributed by atoms with Gasteiger partial charge < -0.3 is 0 Å². The number of allylic oxidation sites excluding steroid dienone is 2. The first-order valence-corrected chi connectivity index (χ1v) is 9.74. The quantitative estimate of drug-likeness (QED) is 0.502. The third-order valence-electron chi connectivity index (χ3n) is 8.60. The van der Waals surface area contributed by atoms with E-state index in [9.17, 15) is 0 Å². The zero-order valence-electron chi connectivity index (χ0n) is 14.4. The van der Waals surface area contributed by atoms with Crippen molar-refractivity contribution in [3.05, 3.63) is 12.2 Å². The number of rotatable bonds is 1. The van der Waals surface area contributed by atoms with Crippen LogP contribution in [-0.4, -0.2) is 0 Å². The van der Waals surface area contributed by atoms with Crippen molar-refractivity contribution >= 4 is 0 Å². The minimum Gasteiger partial charge on any atom is -0.0882 e. The Hall–Kier alpha value is -0.260. The van der Waals surface area contributed by atoms with Crippen LogP contribution in [0.2, 0.25) is 0 Å². The summed E-state index contributed by atoms with van der Waals surface area (Å²) < 4.78 is 0. The van der Waals surface area contributed by atoms with E-state index in [4.69, 9.17) is 0 Å². The smallest absolute Gasteiger partial charge is 0.0171 e. The van der Waals surface area contributed by atoms with E-state index in [-0.39, 0.29) is 0 Å². The van der Waals surface area contributed by atoms with E-state index >= 15 is 0 Å². The molecule has 4 aliphatic rings. The van der Waals surface area contributed by atoms with Gasteiger partial charge in [0.2, 0.25) is 0 Å². The van der Waals surface area contributed by atoms with E-state index in [0.29, 0.717) is 5.41 Å². The lowest BCUT2D eigenvalue weighted by atomic mass is 9.43. The van der Waals surface area contributed by atoms with Crippen molar-refractivity contribution in [2.24, 2.45) is 40.4 Å². The molecular formula is C21H34. The maximum Gasteiger partial charge on any atom is -0.0171 e. The van der Waals surface area contributed by atoms with Gasteiger partial charge in [-0.3, -0.25) is 0 Å². The Balaban J connectivity index is 1.72. The van der Waals surface area contributed by atoms with Crippen molar-refractivity contribution in [3.8, 4) is 0 Å². The van der Waals surface area contributed by atoms with Crippen LogP contribution in [0.25, 0.3) is 0 Å². The van der Waals surface area contributed by atoms with E-state index in [0.717, 1.165) is 35.0 Å². The van der Waals surface area contributed by atoms with Crippen molar-refractivity contribution in [3.63, 3.8) is 0 Å². The fraction of sp³-hybridized carbons (Fsp3) is 0.905. The van der Waals surface area contributed by atoms with Gasteiger partial charge in [-0.25, -0.2) is 0 Å². The summed E-state index contributed by atoms with van der Waals surface area (Å²) >= 11 is 0. The van der Waals surface area contributed by atoms with Crippen molar-refractivity contribution in [1.82, 2.24) is 0 Å². The summed E-state index contributed by atoms with van der Waals surface area (Å²) in [5.41, 5.74) is 1.37. The third-order valence-corrected chi connectivity index (χ3v) is 8.60. The molecule has 0 heteroatoms. The molecule has 0 aromatic carbocycles. The summed E-state index contributed by atoms with van der Waals surface area (Å²) in [6, 6.07) is 0. The minimum atomic E-state index is 0.654. The largest absolute Gasteiger partial charge is 0.0882 e. The zero-order valence-corrected chi connectivity index (χ0v) is 14.4. The van der Waals surface area contributed by atoms with Crippen LogP contribution >= 0.6 is 0 Å². The average Bonchev–Trinajstić information content (AvgIpc) is 2.88. The zero-order chi connectivity index (χ0) is 14.7. The SMILES string of the molecule is CC(C)[C@]12CCC=CC1CC[C@H]1[C@@H]3CCC[C@@]3(C)CC[C@@H]12. The number of hydrogen-bond acceptors (Lipinski definition) is 0. The van der Waals surface area contributed by atoms with Gasteiger partial charge >= 0.3 is 0 Å².